The summed E-state index contributed by atoms with van der Waals surface area (Å²) in [6.45, 7) is 17.0. The molecule has 0 saturated carbocycles. The van der Waals surface area contributed by atoms with E-state index in [4.69, 9.17) is 0 Å². The van der Waals surface area contributed by atoms with E-state index in [1.165, 1.54) is 89.9 Å². The van der Waals surface area contributed by atoms with Crippen LogP contribution in [-0.2, 0) is 0 Å². The largest absolute Gasteiger partial charge is 0.0654 e. The zero-order chi connectivity index (χ0) is 18.5. The second-order valence-electron chi connectivity index (χ2n) is 8.68. The van der Waals surface area contributed by atoms with Crippen LogP contribution in [0.5, 0.6) is 0 Å². The van der Waals surface area contributed by atoms with E-state index in [1.54, 1.807) is 0 Å². The van der Waals surface area contributed by atoms with Crippen LogP contribution in [0.2, 0.25) is 0 Å². The van der Waals surface area contributed by atoms with Gasteiger partial charge in [0.25, 0.3) is 0 Å². The van der Waals surface area contributed by atoms with Gasteiger partial charge in [-0.2, -0.15) is 0 Å². The second kappa shape index (κ2) is 13.2. The Morgan fingerprint density at radius 1 is 0.542 bits per heavy atom. The van der Waals surface area contributed by atoms with Crippen molar-refractivity contribution in [3.05, 3.63) is 5.92 Å². The lowest BCUT2D eigenvalue weighted by atomic mass is 9.56. The predicted octanol–water partition coefficient (Wildman–Crippen LogP) is 9.13. The first-order valence-corrected chi connectivity index (χ1v) is 11.3. The molecule has 0 bridgehead atoms. The molecule has 0 N–H and O–H groups in total. The van der Waals surface area contributed by atoms with Crippen LogP contribution >= 0.6 is 0 Å². The van der Waals surface area contributed by atoms with E-state index in [0.29, 0.717) is 10.8 Å². The third kappa shape index (κ3) is 7.92. The Morgan fingerprint density at radius 3 is 1.33 bits per heavy atom. The van der Waals surface area contributed by atoms with Crippen LogP contribution in [-0.4, -0.2) is 0 Å². The lowest BCUT2D eigenvalue weighted by molar-refractivity contribution is 0.151. The summed E-state index contributed by atoms with van der Waals surface area (Å²) in [6, 6.07) is 0. The molecule has 0 heteroatoms. The predicted molar refractivity (Wildman–Crippen MR) is 112 cm³/mol. The molecule has 145 valence electrons. The van der Waals surface area contributed by atoms with E-state index in [0.717, 1.165) is 0 Å². The number of unbranched alkanes of at least 4 members (excludes halogenated alkanes) is 6. The minimum absolute atomic E-state index is 0.458. The van der Waals surface area contributed by atoms with Crippen molar-refractivity contribution >= 4 is 0 Å². The summed E-state index contributed by atoms with van der Waals surface area (Å²) in [5, 5.41) is 0. The highest BCUT2D eigenvalue weighted by atomic mass is 14.5. The zero-order valence-corrected chi connectivity index (χ0v) is 18.4. The highest BCUT2D eigenvalue weighted by molar-refractivity contribution is 5.14. The Hall–Kier alpha value is 0. The number of hydrogen-bond donors (Lipinski definition) is 0. The molecule has 0 aliphatic carbocycles. The fourth-order valence-corrected chi connectivity index (χ4v) is 4.45. The van der Waals surface area contributed by atoms with Crippen LogP contribution in [0.25, 0.3) is 0 Å². The topological polar surface area (TPSA) is 0 Å². The smallest absolute Gasteiger partial charge is 0.0123 e. The van der Waals surface area contributed by atoms with Crippen molar-refractivity contribution in [1.29, 1.82) is 0 Å². The summed E-state index contributed by atoms with van der Waals surface area (Å²) >= 11 is 0. The lowest BCUT2D eigenvalue weighted by Crippen LogP contribution is -2.38. The van der Waals surface area contributed by atoms with Gasteiger partial charge < -0.3 is 0 Å². The molecule has 0 saturated heterocycles. The molecule has 2 unspecified atom stereocenters. The van der Waals surface area contributed by atoms with E-state index in [1.807, 2.05) is 5.92 Å². The minimum atomic E-state index is 0.458. The normalized spacial score (nSPS) is 17.0. The second-order valence-corrected chi connectivity index (χ2v) is 8.68. The average molecular weight is 338 g/mol. The first kappa shape index (κ1) is 24.0. The van der Waals surface area contributed by atoms with Gasteiger partial charge in [-0.05, 0) is 36.0 Å². The maximum atomic E-state index is 2.59. The molecule has 0 aromatic rings. The van der Waals surface area contributed by atoms with Crippen LogP contribution in [0, 0.1) is 16.7 Å². The van der Waals surface area contributed by atoms with Crippen LogP contribution in [0.15, 0.2) is 0 Å². The summed E-state index contributed by atoms with van der Waals surface area (Å²) in [5.74, 6) is 1.93. The summed E-state index contributed by atoms with van der Waals surface area (Å²) in [4.78, 5) is 0. The van der Waals surface area contributed by atoms with Gasteiger partial charge in [0.05, 0.1) is 0 Å². The lowest BCUT2D eigenvalue weighted by Gasteiger charge is -2.48. The summed E-state index contributed by atoms with van der Waals surface area (Å²) in [6.07, 6.45) is 19.3. The molecule has 2 atom stereocenters. The molecule has 0 amide bonds. The molecule has 0 fully saturated rings. The molecule has 1 radical (unpaired) electrons. The van der Waals surface area contributed by atoms with Gasteiger partial charge in [0.2, 0.25) is 0 Å². The molecule has 0 aliphatic heterocycles. The van der Waals surface area contributed by atoms with Crippen molar-refractivity contribution in [1.82, 2.24) is 0 Å². The van der Waals surface area contributed by atoms with E-state index in [2.05, 4.69) is 48.5 Å². The molecule has 0 aromatic heterocycles. The molecule has 0 aromatic carbocycles. The monoisotopic (exact) mass is 337 g/mol. The van der Waals surface area contributed by atoms with E-state index in [-0.39, 0.29) is 0 Å². The van der Waals surface area contributed by atoms with Crippen LogP contribution < -0.4 is 0 Å². The fourth-order valence-electron chi connectivity index (χ4n) is 4.45. The maximum absolute atomic E-state index is 2.59. The molecule has 0 nitrogen and oxygen atoms in total. The summed E-state index contributed by atoms with van der Waals surface area (Å²) in [7, 11) is 0. The SMILES string of the molecule is CCCCCCC[C](C(C)(CC)CCCC)C(C)(CC)CCCC. The number of rotatable bonds is 16. The highest BCUT2D eigenvalue weighted by Crippen LogP contribution is 2.54. The van der Waals surface area contributed by atoms with Crippen LogP contribution in [0.1, 0.15) is 138 Å². The van der Waals surface area contributed by atoms with E-state index in [9.17, 15) is 0 Å². The highest BCUT2D eigenvalue weighted by Gasteiger charge is 2.43. The standard InChI is InChI=1S/C24H49/c1-8-13-16-17-18-19-22(23(6,11-4)20-14-9-2)24(7,12-5)21-15-10-3/h8-21H2,1-7H3. The summed E-state index contributed by atoms with van der Waals surface area (Å²) in [5.41, 5.74) is 0.915. The van der Waals surface area contributed by atoms with Gasteiger partial charge in [-0.3, -0.25) is 0 Å². The first-order chi connectivity index (χ1) is 11.4. The minimum Gasteiger partial charge on any atom is -0.0654 e. The fraction of sp³-hybridized carbons (Fsp3) is 0.958. The van der Waals surface area contributed by atoms with Gasteiger partial charge >= 0.3 is 0 Å². The van der Waals surface area contributed by atoms with Crippen LogP contribution in [0.3, 0.4) is 0 Å². The Morgan fingerprint density at radius 2 is 0.958 bits per heavy atom. The molecule has 24 heavy (non-hydrogen) atoms. The maximum Gasteiger partial charge on any atom is -0.0123 e. The number of hydrogen-bond acceptors (Lipinski definition) is 0. The van der Waals surface area contributed by atoms with Crippen LogP contribution in [0.4, 0.5) is 0 Å². The zero-order valence-electron chi connectivity index (χ0n) is 18.4. The van der Waals surface area contributed by atoms with Crippen molar-refractivity contribution in [3.8, 4) is 0 Å². The van der Waals surface area contributed by atoms with Gasteiger partial charge in [-0.1, -0.05) is 119 Å². The summed E-state index contributed by atoms with van der Waals surface area (Å²) < 4.78 is 0. The van der Waals surface area contributed by atoms with Gasteiger partial charge in [0, 0.05) is 0 Å². The van der Waals surface area contributed by atoms with E-state index < -0.39 is 0 Å². The van der Waals surface area contributed by atoms with E-state index >= 15 is 0 Å². The Bertz CT molecular complexity index is 260. The van der Waals surface area contributed by atoms with Crippen molar-refractivity contribution < 1.29 is 0 Å². The quantitative estimate of drug-likeness (QED) is 0.246. The van der Waals surface area contributed by atoms with Gasteiger partial charge in [0.15, 0.2) is 0 Å². The first-order valence-electron chi connectivity index (χ1n) is 11.3. The molecule has 0 aliphatic rings. The molecular weight excluding hydrogens is 288 g/mol. The van der Waals surface area contributed by atoms with Gasteiger partial charge in [-0.25, -0.2) is 0 Å². The van der Waals surface area contributed by atoms with Gasteiger partial charge in [0.1, 0.15) is 0 Å². The van der Waals surface area contributed by atoms with Crippen molar-refractivity contribution in [2.75, 3.05) is 0 Å². The molecular formula is C24H49. The molecule has 0 rings (SSSR count). The molecule has 0 spiro atoms. The average Bonchev–Trinajstić information content (AvgIpc) is 2.60. The Balaban J connectivity index is 5.15. The van der Waals surface area contributed by atoms with Crippen molar-refractivity contribution in [3.63, 3.8) is 0 Å². The third-order valence-corrected chi connectivity index (χ3v) is 6.71. The Kier molecular flexibility index (Phi) is 13.2. The third-order valence-electron chi connectivity index (χ3n) is 6.71. The van der Waals surface area contributed by atoms with Crippen molar-refractivity contribution in [2.45, 2.75) is 138 Å². The van der Waals surface area contributed by atoms with Gasteiger partial charge in [-0.15, -0.1) is 0 Å². The Labute approximate surface area is 155 Å². The van der Waals surface area contributed by atoms with Crippen molar-refractivity contribution in [2.24, 2.45) is 10.8 Å². The molecule has 0 heterocycles.